The van der Waals surface area contributed by atoms with E-state index < -0.39 is 0 Å². The van der Waals surface area contributed by atoms with Crippen LogP contribution in [-0.4, -0.2) is 0 Å². The predicted molar refractivity (Wildman–Crippen MR) is 184 cm³/mol. The molecule has 202 valence electrons. The molecule has 0 radical (unpaired) electrons. The van der Waals surface area contributed by atoms with Crippen LogP contribution in [0, 0.1) is 0 Å². The fourth-order valence-electron chi connectivity index (χ4n) is 6.48. The van der Waals surface area contributed by atoms with Gasteiger partial charge in [-0.25, -0.2) is 0 Å². The molecule has 0 aliphatic heterocycles. The lowest BCUT2D eigenvalue weighted by Gasteiger charge is -2.25. The van der Waals surface area contributed by atoms with Gasteiger partial charge in [0.2, 0.25) is 0 Å². The number of para-hydroxylation sites is 2. The van der Waals surface area contributed by atoms with Gasteiger partial charge in [0.1, 0.15) is 5.58 Å². The summed E-state index contributed by atoms with van der Waals surface area (Å²) in [5.41, 5.74) is 7.39. The summed E-state index contributed by atoms with van der Waals surface area (Å²) in [5, 5.41) is 7.45. The Hall–Kier alpha value is -5.38. The highest BCUT2D eigenvalue weighted by molar-refractivity contribution is 7.27. The zero-order valence-corrected chi connectivity index (χ0v) is 24.0. The molecule has 0 aliphatic carbocycles. The van der Waals surface area contributed by atoms with Crippen LogP contribution in [0.4, 0.5) is 17.1 Å². The lowest BCUT2D eigenvalue weighted by Crippen LogP contribution is -2.10. The van der Waals surface area contributed by atoms with Crippen LogP contribution >= 0.6 is 11.3 Å². The largest absolute Gasteiger partial charge is 0.454 e. The van der Waals surface area contributed by atoms with E-state index in [1.807, 2.05) is 11.3 Å². The van der Waals surface area contributed by atoms with Gasteiger partial charge in [-0.1, -0.05) is 109 Å². The minimum Gasteiger partial charge on any atom is -0.454 e. The molecule has 0 atom stereocenters. The van der Waals surface area contributed by atoms with E-state index in [0.29, 0.717) is 0 Å². The van der Waals surface area contributed by atoms with Crippen molar-refractivity contribution >= 4 is 81.3 Å². The molecule has 0 spiro atoms. The fraction of sp³-hybridized carbons (Fsp3) is 0. The van der Waals surface area contributed by atoms with Crippen molar-refractivity contribution in [3.63, 3.8) is 0 Å². The van der Waals surface area contributed by atoms with Crippen LogP contribution in [0.5, 0.6) is 0 Å². The average molecular weight is 568 g/mol. The van der Waals surface area contributed by atoms with Gasteiger partial charge in [0, 0.05) is 42.3 Å². The van der Waals surface area contributed by atoms with Crippen LogP contribution in [0.15, 0.2) is 156 Å². The number of thiophene rings is 1. The van der Waals surface area contributed by atoms with Crippen molar-refractivity contribution < 1.29 is 4.42 Å². The summed E-state index contributed by atoms with van der Waals surface area (Å²) in [5.74, 6) is 0. The maximum atomic E-state index is 6.78. The van der Waals surface area contributed by atoms with E-state index >= 15 is 0 Å². The number of furan rings is 1. The molecule has 7 aromatic carbocycles. The Morgan fingerprint density at radius 3 is 2.00 bits per heavy atom. The number of nitrogens with zero attached hydrogens (tertiary/aromatic N) is 1. The average Bonchev–Trinajstić information content (AvgIpc) is 3.65. The molecule has 2 aromatic heterocycles. The van der Waals surface area contributed by atoms with Crippen molar-refractivity contribution in [3.8, 4) is 11.1 Å². The highest BCUT2D eigenvalue weighted by Crippen LogP contribution is 2.47. The number of hydrogen-bond acceptors (Lipinski definition) is 3. The van der Waals surface area contributed by atoms with E-state index in [1.165, 1.54) is 47.5 Å². The van der Waals surface area contributed by atoms with Crippen LogP contribution < -0.4 is 4.90 Å². The summed E-state index contributed by atoms with van der Waals surface area (Å²) in [4.78, 5) is 2.30. The second-order valence-corrected chi connectivity index (χ2v) is 12.0. The van der Waals surface area contributed by atoms with Crippen LogP contribution in [0.1, 0.15) is 0 Å². The highest BCUT2D eigenvalue weighted by Gasteiger charge is 2.21. The number of anilines is 3. The number of hydrogen-bond donors (Lipinski definition) is 0. The molecule has 9 rings (SSSR count). The third-order valence-electron chi connectivity index (χ3n) is 8.45. The molecule has 0 fully saturated rings. The van der Waals surface area contributed by atoms with E-state index in [-0.39, 0.29) is 0 Å². The Bertz CT molecular complexity index is 2440. The molecular weight excluding hydrogens is 543 g/mol. The van der Waals surface area contributed by atoms with Gasteiger partial charge in [0.15, 0.2) is 5.58 Å². The van der Waals surface area contributed by atoms with Gasteiger partial charge in [0.25, 0.3) is 0 Å². The van der Waals surface area contributed by atoms with Crippen LogP contribution in [0.3, 0.4) is 0 Å². The van der Waals surface area contributed by atoms with Crippen molar-refractivity contribution in [1.82, 2.24) is 0 Å². The number of fused-ring (bicyclic) bond motifs is 9. The molecule has 0 bridgehead atoms. The first-order chi connectivity index (χ1) is 21.3. The zero-order valence-electron chi connectivity index (χ0n) is 23.2. The minimum absolute atomic E-state index is 0.890. The predicted octanol–water partition coefficient (Wildman–Crippen LogP) is 12.2. The van der Waals surface area contributed by atoms with Crippen molar-refractivity contribution in [3.05, 3.63) is 152 Å². The van der Waals surface area contributed by atoms with Crippen molar-refractivity contribution in [2.75, 3.05) is 4.90 Å². The molecule has 0 aliphatic rings. The summed E-state index contributed by atoms with van der Waals surface area (Å²) in [6.07, 6.45) is 0. The summed E-state index contributed by atoms with van der Waals surface area (Å²) in [7, 11) is 0. The van der Waals surface area contributed by atoms with E-state index in [9.17, 15) is 0 Å². The molecule has 43 heavy (non-hydrogen) atoms. The lowest BCUT2D eigenvalue weighted by molar-refractivity contribution is 0.669. The van der Waals surface area contributed by atoms with Gasteiger partial charge in [-0.2, -0.15) is 0 Å². The maximum absolute atomic E-state index is 6.78. The van der Waals surface area contributed by atoms with E-state index in [0.717, 1.165) is 33.6 Å². The van der Waals surface area contributed by atoms with E-state index in [1.54, 1.807) is 0 Å². The van der Waals surface area contributed by atoms with Crippen molar-refractivity contribution in [2.45, 2.75) is 0 Å². The van der Waals surface area contributed by atoms with Crippen molar-refractivity contribution in [2.24, 2.45) is 0 Å². The molecular formula is C40H25NOS. The molecule has 0 saturated heterocycles. The Morgan fingerprint density at radius 1 is 0.465 bits per heavy atom. The van der Waals surface area contributed by atoms with Crippen molar-refractivity contribution in [1.29, 1.82) is 0 Å². The topological polar surface area (TPSA) is 16.4 Å². The van der Waals surface area contributed by atoms with E-state index in [2.05, 4.69) is 157 Å². The first-order valence-electron chi connectivity index (χ1n) is 14.5. The van der Waals surface area contributed by atoms with Crippen LogP contribution in [-0.2, 0) is 0 Å². The first kappa shape index (κ1) is 24.2. The normalized spacial score (nSPS) is 11.7. The quantitative estimate of drug-likeness (QED) is 0.210. The molecule has 0 unspecified atom stereocenters. The summed E-state index contributed by atoms with van der Waals surface area (Å²) in [6, 6.07) is 53.9. The first-order valence-corrected chi connectivity index (χ1v) is 15.3. The zero-order chi connectivity index (χ0) is 28.3. The molecule has 0 amide bonds. The van der Waals surface area contributed by atoms with Gasteiger partial charge in [0.05, 0.1) is 5.69 Å². The van der Waals surface area contributed by atoms with Gasteiger partial charge in [-0.3, -0.25) is 0 Å². The minimum atomic E-state index is 0.890. The second kappa shape index (κ2) is 9.59. The Balaban J connectivity index is 1.29. The fourth-order valence-corrected chi connectivity index (χ4v) is 7.73. The summed E-state index contributed by atoms with van der Waals surface area (Å²) >= 11 is 1.87. The molecule has 2 heterocycles. The van der Waals surface area contributed by atoms with Crippen LogP contribution in [0.2, 0.25) is 0 Å². The Kier molecular flexibility index (Phi) is 5.40. The summed E-state index contributed by atoms with van der Waals surface area (Å²) in [6.45, 7) is 0. The number of rotatable bonds is 4. The lowest BCUT2D eigenvalue weighted by atomic mass is 10.0. The molecule has 0 saturated carbocycles. The monoisotopic (exact) mass is 567 g/mol. The van der Waals surface area contributed by atoms with E-state index in [4.69, 9.17) is 4.42 Å². The number of benzene rings is 7. The van der Waals surface area contributed by atoms with Gasteiger partial charge >= 0.3 is 0 Å². The van der Waals surface area contributed by atoms with Gasteiger partial charge < -0.3 is 9.32 Å². The Morgan fingerprint density at radius 2 is 1.16 bits per heavy atom. The third kappa shape index (κ3) is 3.79. The standard InChI is InChI=1S/C40H25NOS/c1-3-10-26(11-4-1)27-18-21-30(22-19-27)41(29-13-5-2-6-14-29)34-17-9-16-32-37-35(42-39(32)34)24-25-36-38(37)33-23-20-28-12-7-8-15-31(28)40(33)43-36/h1-25H. The molecule has 9 aromatic rings. The second-order valence-electron chi connectivity index (χ2n) is 10.9. The van der Waals surface area contributed by atoms with Gasteiger partial charge in [-0.05, 0) is 64.4 Å². The molecule has 3 heteroatoms. The molecule has 2 nitrogen and oxygen atoms in total. The third-order valence-corrected chi connectivity index (χ3v) is 9.66. The SMILES string of the molecule is c1ccc(-c2ccc(N(c3ccccc3)c3cccc4c3oc3ccc5sc6c7ccccc7ccc6c5c34)cc2)cc1. The summed E-state index contributed by atoms with van der Waals surface area (Å²) < 4.78 is 9.39. The molecule has 0 N–H and O–H groups in total. The smallest absolute Gasteiger partial charge is 0.159 e. The van der Waals surface area contributed by atoms with Crippen LogP contribution in [0.25, 0.3) is 64.0 Å². The Labute approximate surface area is 252 Å². The highest BCUT2D eigenvalue weighted by atomic mass is 32.1. The maximum Gasteiger partial charge on any atom is 0.159 e. The van der Waals surface area contributed by atoms with Gasteiger partial charge in [-0.15, -0.1) is 11.3 Å².